The van der Waals surface area contributed by atoms with Gasteiger partial charge in [0.25, 0.3) is 5.89 Å². The molecule has 2 rings (SSSR count). The maximum atomic E-state index is 11.7. The number of ether oxygens (including phenoxy) is 1. The molecule has 0 radical (unpaired) electrons. The Morgan fingerprint density at radius 3 is 3.00 bits per heavy atom. The Balaban J connectivity index is 2.12. The Kier molecular flexibility index (Phi) is 3.71. The van der Waals surface area contributed by atoms with Crippen LogP contribution in [0.25, 0.3) is 11.5 Å². The van der Waals surface area contributed by atoms with E-state index in [1.165, 1.54) is 12.3 Å². The molecule has 0 aromatic carbocycles. The topological polar surface area (TPSA) is 118 Å². The first kappa shape index (κ1) is 13.0. The first-order valence-electron chi connectivity index (χ1n) is 5.38. The molecule has 2 heterocycles. The third-order valence-corrected chi connectivity index (χ3v) is 2.21. The van der Waals surface area contributed by atoms with Crippen LogP contribution in [0.4, 0.5) is 0 Å². The van der Waals surface area contributed by atoms with E-state index in [0.29, 0.717) is 0 Å². The van der Waals surface area contributed by atoms with Crippen molar-refractivity contribution in [1.29, 1.82) is 0 Å². The number of rotatable bonds is 5. The summed E-state index contributed by atoms with van der Waals surface area (Å²) in [5.41, 5.74) is 0.735. The summed E-state index contributed by atoms with van der Waals surface area (Å²) in [5, 5.41) is 15.8. The number of carboxylic acids is 1. The highest BCUT2D eigenvalue weighted by Gasteiger charge is 2.12. The second-order valence-electron chi connectivity index (χ2n) is 3.78. The fourth-order valence-electron chi connectivity index (χ4n) is 1.39. The molecule has 19 heavy (non-hydrogen) atoms. The van der Waals surface area contributed by atoms with Gasteiger partial charge in [-0.15, -0.1) is 10.2 Å². The van der Waals surface area contributed by atoms with Crippen molar-refractivity contribution in [2.75, 3.05) is 6.61 Å². The highest BCUT2D eigenvalue weighted by molar-refractivity contribution is 5.67. The lowest BCUT2D eigenvalue weighted by molar-refractivity contribution is -0.142. The SMILES string of the molecule is Cc1cc(=O)c(-c2nnc(COCC(=O)O)o2)c[nH]1. The van der Waals surface area contributed by atoms with E-state index in [-0.39, 0.29) is 29.4 Å². The van der Waals surface area contributed by atoms with E-state index in [1.807, 2.05) is 0 Å². The van der Waals surface area contributed by atoms with Crippen LogP contribution in [0.1, 0.15) is 11.6 Å². The van der Waals surface area contributed by atoms with Crippen molar-refractivity contribution < 1.29 is 19.1 Å². The Morgan fingerprint density at radius 1 is 1.53 bits per heavy atom. The van der Waals surface area contributed by atoms with Gasteiger partial charge in [-0.1, -0.05) is 0 Å². The van der Waals surface area contributed by atoms with Gasteiger partial charge in [0.05, 0.1) is 0 Å². The van der Waals surface area contributed by atoms with Gasteiger partial charge >= 0.3 is 5.97 Å². The number of nitrogens with one attached hydrogen (secondary N) is 1. The van der Waals surface area contributed by atoms with Crippen molar-refractivity contribution in [3.05, 3.63) is 34.1 Å². The summed E-state index contributed by atoms with van der Waals surface area (Å²) in [4.78, 5) is 24.8. The van der Waals surface area contributed by atoms with Crippen LogP contribution >= 0.6 is 0 Å². The molecule has 0 aliphatic carbocycles. The van der Waals surface area contributed by atoms with Gasteiger partial charge in [-0.3, -0.25) is 4.79 Å². The van der Waals surface area contributed by atoms with E-state index < -0.39 is 12.6 Å². The quantitative estimate of drug-likeness (QED) is 0.799. The summed E-state index contributed by atoms with van der Waals surface area (Å²) in [5.74, 6) is -0.916. The first-order valence-corrected chi connectivity index (χ1v) is 5.38. The van der Waals surface area contributed by atoms with Gasteiger partial charge in [-0.2, -0.15) is 0 Å². The monoisotopic (exact) mass is 265 g/mol. The lowest BCUT2D eigenvalue weighted by atomic mass is 10.2. The standard InChI is InChI=1S/C11H11N3O5/c1-6-2-8(15)7(3-12-6)11-14-13-9(19-11)4-18-5-10(16)17/h2-3H,4-5H2,1H3,(H,12,15)(H,16,17). The van der Waals surface area contributed by atoms with Crippen molar-refractivity contribution in [2.24, 2.45) is 0 Å². The number of aliphatic carboxylic acids is 1. The van der Waals surface area contributed by atoms with Crippen LogP contribution in [0, 0.1) is 6.92 Å². The second-order valence-corrected chi connectivity index (χ2v) is 3.78. The van der Waals surface area contributed by atoms with E-state index in [4.69, 9.17) is 14.3 Å². The highest BCUT2D eigenvalue weighted by Crippen LogP contribution is 2.13. The summed E-state index contributed by atoms with van der Waals surface area (Å²) in [7, 11) is 0. The molecule has 0 saturated carbocycles. The van der Waals surface area contributed by atoms with E-state index in [1.54, 1.807) is 6.92 Å². The van der Waals surface area contributed by atoms with Gasteiger partial charge in [-0.05, 0) is 6.92 Å². The minimum Gasteiger partial charge on any atom is -0.480 e. The number of aromatic amines is 1. The number of hydrogen-bond acceptors (Lipinski definition) is 6. The number of nitrogens with zero attached hydrogens (tertiary/aromatic N) is 2. The number of aromatic nitrogens is 3. The third kappa shape index (κ3) is 3.26. The minimum absolute atomic E-state index is 0.0650. The van der Waals surface area contributed by atoms with Crippen LogP contribution in [-0.2, 0) is 16.1 Å². The summed E-state index contributed by atoms with van der Waals surface area (Å²) in [6, 6.07) is 1.42. The molecule has 0 bridgehead atoms. The highest BCUT2D eigenvalue weighted by atomic mass is 16.5. The molecule has 0 aliphatic heterocycles. The van der Waals surface area contributed by atoms with E-state index in [0.717, 1.165) is 5.69 Å². The predicted molar refractivity (Wildman–Crippen MR) is 62.4 cm³/mol. The van der Waals surface area contributed by atoms with Crippen molar-refractivity contribution in [3.63, 3.8) is 0 Å². The number of hydrogen-bond donors (Lipinski definition) is 2. The molecular formula is C11H11N3O5. The molecule has 0 unspecified atom stereocenters. The average Bonchev–Trinajstić information content (AvgIpc) is 2.77. The van der Waals surface area contributed by atoms with Gasteiger partial charge in [0, 0.05) is 18.0 Å². The van der Waals surface area contributed by atoms with E-state index in [9.17, 15) is 9.59 Å². The molecule has 0 spiro atoms. The van der Waals surface area contributed by atoms with Crippen LogP contribution in [-0.4, -0.2) is 32.9 Å². The van der Waals surface area contributed by atoms with Crippen LogP contribution in [0.3, 0.4) is 0 Å². The average molecular weight is 265 g/mol. The van der Waals surface area contributed by atoms with Gasteiger partial charge in [0.1, 0.15) is 18.8 Å². The maximum Gasteiger partial charge on any atom is 0.329 e. The molecule has 2 N–H and O–H groups in total. The molecule has 8 heteroatoms. The summed E-state index contributed by atoms with van der Waals surface area (Å²) in [6.07, 6.45) is 1.48. The normalized spacial score (nSPS) is 10.6. The number of carbonyl (C=O) groups is 1. The third-order valence-electron chi connectivity index (χ3n) is 2.21. The summed E-state index contributed by atoms with van der Waals surface area (Å²) >= 11 is 0. The molecular weight excluding hydrogens is 254 g/mol. The Hall–Kier alpha value is -2.48. The van der Waals surface area contributed by atoms with Crippen LogP contribution in [0.15, 0.2) is 21.5 Å². The molecule has 0 atom stereocenters. The zero-order chi connectivity index (χ0) is 13.8. The summed E-state index contributed by atoms with van der Waals surface area (Å²) < 4.78 is 10.0. The first-order chi connectivity index (χ1) is 9.06. The fraction of sp³-hybridized carbons (Fsp3) is 0.273. The van der Waals surface area contributed by atoms with Crippen molar-refractivity contribution in [3.8, 4) is 11.5 Å². The Morgan fingerprint density at radius 2 is 2.32 bits per heavy atom. The molecule has 0 aliphatic rings. The largest absolute Gasteiger partial charge is 0.480 e. The molecule has 2 aromatic rings. The maximum absolute atomic E-state index is 11.7. The van der Waals surface area contributed by atoms with Crippen molar-refractivity contribution in [1.82, 2.24) is 15.2 Å². The van der Waals surface area contributed by atoms with Crippen molar-refractivity contribution >= 4 is 5.97 Å². The Bertz CT molecular complexity index is 646. The van der Waals surface area contributed by atoms with Crippen molar-refractivity contribution in [2.45, 2.75) is 13.5 Å². The summed E-state index contributed by atoms with van der Waals surface area (Å²) in [6.45, 7) is 1.18. The number of aryl methyl sites for hydroxylation is 1. The zero-order valence-corrected chi connectivity index (χ0v) is 10.0. The smallest absolute Gasteiger partial charge is 0.329 e. The van der Waals surface area contributed by atoms with Gasteiger partial charge in [0.2, 0.25) is 5.89 Å². The van der Waals surface area contributed by atoms with Crippen LogP contribution in [0.5, 0.6) is 0 Å². The molecule has 0 saturated heterocycles. The van der Waals surface area contributed by atoms with E-state index >= 15 is 0 Å². The van der Waals surface area contributed by atoms with E-state index in [2.05, 4.69) is 15.2 Å². The zero-order valence-electron chi connectivity index (χ0n) is 10.0. The number of carboxylic acid groups (broad SMARTS) is 1. The number of pyridine rings is 1. The predicted octanol–water partition coefficient (Wildman–Crippen LogP) is 0.335. The van der Waals surface area contributed by atoms with Gasteiger partial charge in [-0.25, -0.2) is 4.79 Å². The Labute approximate surface area is 107 Å². The van der Waals surface area contributed by atoms with Gasteiger partial charge < -0.3 is 19.2 Å². The lowest BCUT2D eigenvalue weighted by Crippen LogP contribution is -2.06. The fourth-order valence-corrected chi connectivity index (χ4v) is 1.39. The van der Waals surface area contributed by atoms with Gasteiger partial charge in [0.15, 0.2) is 5.43 Å². The lowest BCUT2D eigenvalue weighted by Gasteiger charge is -1.96. The molecule has 0 fully saturated rings. The molecule has 8 nitrogen and oxygen atoms in total. The number of H-pyrrole nitrogens is 1. The second kappa shape index (κ2) is 5.44. The minimum atomic E-state index is -1.09. The van der Waals surface area contributed by atoms with Crippen LogP contribution in [0.2, 0.25) is 0 Å². The molecule has 2 aromatic heterocycles. The molecule has 0 amide bonds. The molecule has 100 valence electrons. The van der Waals surface area contributed by atoms with Crippen LogP contribution < -0.4 is 5.43 Å².